The number of alkyl halides is 3. The number of hydrogen-bond acceptors (Lipinski definition) is 4. The number of ether oxygens (including phenoxy) is 1. The summed E-state index contributed by atoms with van der Waals surface area (Å²) in [7, 11) is 0. The average Bonchev–Trinajstić information content (AvgIpc) is 3.14. The van der Waals surface area contributed by atoms with Gasteiger partial charge in [0.15, 0.2) is 0 Å². The monoisotopic (exact) mass is 434 g/mol. The van der Waals surface area contributed by atoms with E-state index in [4.69, 9.17) is 4.74 Å². The molecule has 0 unspecified atom stereocenters. The van der Waals surface area contributed by atoms with Crippen molar-refractivity contribution in [2.75, 3.05) is 6.54 Å². The number of nitrogens with one attached hydrogen (secondary N) is 1. The Bertz CT molecular complexity index is 967. The Kier molecular flexibility index (Phi) is 7.10. The van der Waals surface area contributed by atoms with Crippen LogP contribution in [0.2, 0.25) is 0 Å². The Hall–Kier alpha value is -2.87. The molecule has 1 amide bonds. The molecule has 0 atom stereocenters. The summed E-state index contributed by atoms with van der Waals surface area (Å²) in [6.07, 6.45) is -3.74. The van der Waals surface area contributed by atoms with Gasteiger partial charge in [0.2, 0.25) is 5.91 Å². The van der Waals surface area contributed by atoms with E-state index in [0.717, 1.165) is 34.0 Å². The van der Waals surface area contributed by atoms with Crippen LogP contribution in [0, 0.1) is 6.92 Å². The molecule has 1 heterocycles. The van der Waals surface area contributed by atoms with E-state index in [1.54, 1.807) is 0 Å². The number of hydrogen-bond donors (Lipinski definition) is 1. The molecule has 0 spiro atoms. The molecule has 0 fully saturated rings. The first kappa shape index (κ1) is 21.8. The van der Waals surface area contributed by atoms with E-state index in [2.05, 4.69) is 10.3 Å². The topological polar surface area (TPSA) is 51.2 Å². The third kappa shape index (κ3) is 6.59. The zero-order valence-electron chi connectivity index (χ0n) is 16.3. The van der Waals surface area contributed by atoms with Gasteiger partial charge < -0.3 is 10.1 Å². The largest absolute Gasteiger partial charge is 0.486 e. The van der Waals surface area contributed by atoms with Gasteiger partial charge in [-0.15, -0.1) is 11.3 Å². The summed E-state index contributed by atoms with van der Waals surface area (Å²) in [5.41, 5.74) is 1.87. The molecule has 30 heavy (non-hydrogen) atoms. The molecule has 0 aliphatic carbocycles. The summed E-state index contributed by atoms with van der Waals surface area (Å²) in [5, 5.41) is 5.37. The van der Waals surface area contributed by atoms with Gasteiger partial charge in [0, 0.05) is 11.9 Å². The summed E-state index contributed by atoms with van der Waals surface area (Å²) >= 11 is 1.43. The van der Waals surface area contributed by atoms with Crippen molar-refractivity contribution in [2.45, 2.75) is 32.5 Å². The smallest absolute Gasteiger partial charge is 0.416 e. The first-order valence-corrected chi connectivity index (χ1v) is 10.2. The Morgan fingerprint density at radius 2 is 1.80 bits per heavy atom. The molecule has 2 aromatic carbocycles. The number of carbonyl (C=O) groups excluding carboxylic acids is 1. The van der Waals surface area contributed by atoms with Crippen molar-refractivity contribution in [1.82, 2.24) is 10.3 Å². The number of nitrogens with zero attached hydrogens (tertiary/aromatic N) is 1. The highest BCUT2D eigenvalue weighted by Crippen LogP contribution is 2.29. The molecule has 3 aromatic rings. The van der Waals surface area contributed by atoms with Crippen LogP contribution in [0.1, 0.15) is 27.4 Å². The van der Waals surface area contributed by atoms with E-state index in [-0.39, 0.29) is 12.3 Å². The third-order valence-corrected chi connectivity index (χ3v) is 5.21. The van der Waals surface area contributed by atoms with E-state index >= 15 is 0 Å². The molecule has 0 aliphatic rings. The number of rotatable bonds is 8. The maximum absolute atomic E-state index is 12.6. The second kappa shape index (κ2) is 9.75. The minimum atomic E-state index is -4.34. The quantitative estimate of drug-likeness (QED) is 0.546. The van der Waals surface area contributed by atoms with Crippen molar-refractivity contribution < 1.29 is 22.7 Å². The number of halogens is 3. The Morgan fingerprint density at radius 1 is 1.10 bits per heavy atom. The number of carbonyl (C=O) groups is 1. The number of aryl methyl sites for hydroxylation is 1. The molecule has 0 bridgehead atoms. The fraction of sp³-hybridized carbons (Fsp3) is 0.273. The predicted molar refractivity (Wildman–Crippen MR) is 109 cm³/mol. The maximum atomic E-state index is 12.6. The normalized spacial score (nSPS) is 11.3. The van der Waals surface area contributed by atoms with Gasteiger partial charge in [-0.3, -0.25) is 4.79 Å². The fourth-order valence-corrected chi connectivity index (χ4v) is 3.41. The van der Waals surface area contributed by atoms with E-state index in [1.165, 1.54) is 23.5 Å². The Labute approximate surface area is 176 Å². The molecule has 3 rings (SSSR count). The number of amides is 1. The van der Waals surface area contributed by atoms with E-state index < -0.39 is 11.7 Å². The molecule has 1 N–H and O–H groups in total. The molecule has 0 saturated heterocycles. The van der Waals surface area contributed by atoms with Crippen LogP contribution in [-0.2, 0) is 30.4 Å². The summed E-state index contributed by atoms with van der Waals surface area (Å²) < 4.78 is 43.4. The highest BCUT2D eigenvalue weighted by Gasteiger charge is 2.29. The van der Waals surface area contributed by atoms with Crippen molar-refractivity contribution in [3.63, 3.8) is 0 Å². The van der Waals surface area contributed by atoms with Crippen molar-refractivity contribution in [2.24, 2.45) is 0 Å². The maximum Gasteiger partial charge on any atom is 0.416 e. The number of thiazole rings is 1. The van der Waals surface area contributed by atoms with Gasteiger partial charge in [-0.05, 0) is 43.2 Å². The average molecular weight is 434 g/mol. The molecular weight excluding hydrogens is 413 g/mol. The second-order valence-electron chi connectivity index (χ2n) is 6.81. The minimum Gasteiger partial charge on any atom is -0.486 e. The molecule has 158 valence electrons. The molecule has 0 radical (unpaired) electrons. The SMILES string of the molecule is Cc1ccc(OCc2nc(CC(=O)NCCc3ccc(C(F)(F)F)cc3)cs2)cc1. The fourth-order valence-electron chi connectivity index (χ4n) is 2.71. The van der Waals surface area contributed by atoms with Gasteiger partial charge in [-0.2, -0.15) is 13.2 Å². The Morgan fingerprint density at radius 3 is 2.47 bits per heavy atom. The van der Waals surface area contributed by atoms with Gasteiger partial charge in [-0.1, -0.05) is 29.8 Å². The highest BCUT2D eigenvalue weighted by molar-refractivity contribution is 7.09. The summed E-state index contributed by atoms with van der Waals surface area (Å²) in [4.78, 5) is 16.5. The lowest BCUT2D eigenvalue weighted by Crippen LogP contribution is -2.27. The highest BCUT2D eigenvalue weighted by atomic mass is 32.1. The van der Waals surface area contributed by atoms with Crippen LogP contribution in [0.15, 0.2) is 53.9 Å². The summed E-state index contributed by atoms with van der Waals surface area (Å²) in [6, 6.07) is 12.7. The molecular formula is C22H21F3N2O2S. The van der Waals surface area contributed by atoms with Crippen LogP contribution in [0.3, 0.4) is 0 Å². The van der Waals surface area contributed by atoms with Crippen LogP contribution in [-0.4, -0.2) is 17.4 Å². The first-order chi connectivity index (χ1) is 14.3. The van der Waals surface area contributed by atoms with Gasteiger partial charge in [0.1, 0.15) is 17.4 Å². The first-order valence-electron chi connectivity index (χ1n) is 9.35. The molecule has 4 nitrogen and oxygen atoms in total. The zero-order valence-corrected chi connectivity index (χ0v) is 17.1. The van der Waals surface area contributed by atoms with Crippen LogP contribution in [0.5, 0.6) is 5.75 Å². The van der Waals surface area contributed by atoms with E-state index in [1.807, 2.05) is 36.6 Å². The van der Waals surface area contributed by atoms with Crippen molar-refractivity contribution in [1.29, 1.82) is 0 Å². The van der Waals surface area contributed by atoms with Crippen LogP contribution >= 0.6 is 11.3 Å². The van der Waals surface area contributed by atoms with Crippen LogP contribution < -0.4 is 10.1 Å². The predicted octanol–water partition coefficient (Wildman–Crippen LogP) is 4.95. The lowest BCUT2D eigenvalue weighted by Gasteiger charge is -2.08. The van der Waals surface area contributed by atoms with Gasteiger partial charge in [0.25, 0.3) is 0 Å². The molecule has 8 heteroatoms. The molecule has 0 saturated carbocycles. The zero-order chi connectivity index (χ0) is 21.6. The number of benzene rings is 2. The standard InChI is InChI=1S/C22H21F3N2O2S/c1-15-2-8-19(9-3-15)29-13-21-27-18(14-30-21)12-20(28)26-11-10-16-4-6-17(7-5-16)22(23,24)25/h2-9,14H,10-13H2,1H3,(H,26,28). The van der Waals surface area contributed by atoms with E-state index in [9.17, 15) is 18.0 Å². The van der Waals surface area contributed by atoms with E-state index in [0.29, 0.717) is 25.3 Å². The molecule has 1 aromatic heterocycles. The van der Waals surface area contributed by atoms with Crippen molar-refractivity contribution in [3.8, 4) is 5.75 Å². The second-order valence-corrected chi connectivity index (χ2v) is 7.75. The summed E-state index contributed by atoms with van der Waals surface area (Å²) in [6.45, 7) is 2.69. The van der Waals surface area contributed by atoms with Gasteiger partial charge in [0.05, 0.1) is 17.7 Å². The van der Waals surface area contributed by atoms with Crippen LogP contribution in [0.4, 0.5) is 13.2 Å². The third-order valence-electron chi connectivity index (χ3n) is 4.34. The van der Waals surface area contributed by atoms with Crippen molar-refractivity contribution in [3.05, 3.63) is 81.3 Å². The van der Waals surface area contributed by atoms with Crippen LogP contribution in [0.25, 0.3) is 0 Å². The minimum absolute atomic E-state index is 0.147. The van der Waals surface area contributed by atoms with Crippen molar-refractivity contribution >= 4 is 17.2 Å². The Balaban J connectivity index is 1.40. The van der Waals surface area contributed by atoms with Gasteiger partial charge >= 0.3 is 6.18 Å². The summed E-state index contributed by atoms with van der Waals surface area (Å²) in [5.74, 6) is 0.580. The molecule has 0 aliphatic heterocycles. The lowest BCUT2D eigenvalue weighted by atomic mass is 10.1. The lowest BCUT2D eigenvalue weighted by molar-refractivity contribution is -0.137. The number of aromatic nitrogens is 1. The van der Waals surface area contributed by atoms with Gasteiger partial charge in [-0.25, -0.2) is 4.98 Å².